The molecule has 3 saturated heterocycles. The second kappa shape index (κ2) is 7.36. The van der Waals surface area contributed by atoms with E-state index in [1.165, 1.54) is 12.8 Å². The first-order chi connectivity index (χ1) is 12.2. The number of piperidine rings is 3. The average molecular weight is 340 g/mol. The quantitative estimate of drug-likeness (QED) is 0.561. The van der Waals surface area contributed by atoms with Crippen molar-refractivity contribution in [3.63, 3.8) is 0 Å². The number of hydrogen-bond donors (Lipinski definition) is 3. The second-order valence-corrected chi connectivity index (χ2v) is 6.30. The number of terminal acetylenes is 1. The van der Waals surface area contributed by atoms with Crippen molar-refractivity contribution in [2.75, 3.05) is 19.6 Å². The summed E-state index contributed by atoms with van der Waals surface area (Å²) in [6, 6.07) is 5.78. The van der Waals surface area contributed by atoms with Crippen molar-refractivity contribution in [3.05, 3.63) is 29.5 Å². The normalized spacial score (nSPS) is 24.0. The van der Waals surface area contributed by atoms with Gasteiger partial charge in [-0.05, 0) is 50.0 Å². The van der Waals surface area contributed by atoms with Crippen LogP contribution in [0, 0.1) is 18.3 Å². The van der Waals surface area contributed by atoms with Gasteiger partial charge >= 0.3 is 0 Å². The van der Waals surface area contributed by atoms with Crippen LogP contribution in [-0.2, 0) is 4.79 Å². The number of carboxylic acid groups (broad SMARTS) is 1. The molecule has 3 aliphatic rings. The Morgan fingerprint density at radius 2 is 2.16 bits per heavy atom. The number of benzene rings is 1. The maximum atomic E-state index is 12.6. The van der Waals surface area contributed by atoms with Crippen LogP contribution in [0.15, 0.2) is 18.2 Å². The van der Waals surface area contributed by atoms with Gasteiger partial charge in [-0.2, -0.15) is 5.10 Å². The molecule has 5 rings (SSSR count). The van der Waals surface area contributed by atoms with Crippen molar-refractivity contribution >= 4 is 23.3 Å². The Morgan fingerprint density at radius 1 is 1.44 bits per heavy atom. The predicted molar refractivity (Wildman–Crippen MR) is 93.1 cm³/mol. The van der Waals surface area contributed by atoms with Crippen LogP contribution >= 0.6 is 0 Å². The summed E-state index contributed by atoms with van der Waals surface area (Å²) in [5.41, 5.74) is 2.02. The van der Waals surface area contributed by atoms with Gasteiger partial charge in [0.2, 0.25) is 0 Å². The standard InChI is InChI=1S/C17H18N4O.CH2O2/c1-2-11-3-4-14-13(9-11)16(20-19-14)17(22)18-15-10-21-7-5-12(15)6-8-21;2-1-3/h1,3-4,9,12,15H,5-8,10H2,(H,18,22)(H,19,20);1H,(H,2,3)/t15-;/m0./s1. The fraction of sp³-hybridized carbons (Fsp3) is 0.389. The molecule has 7 heteroatoms. The number of fused-ring (bicyclic) bond motifs is 4. The number of H-pyrrole nitrogens is 1. The number of hydrogen-bond acceptors (Lipinski definition) is 4. The molecule has 1 aromatic heterocycles. The third-order valence-electron chi connectivity index (χ3n) is 4.92. The smallest absolute Gasteiger partial charge is 0.290 e. The number of nitrogens with one attached hydrogen (secondary N) is 2. The van der Waals surface area contributed by atoms with E-state index < -0.39 is 0 Å². The van der Waals surface area contributed by atoms with Gasteiger partial charge in [0, 0.05) is 23.5 Å². The number of carbonyl (C=O) groups excluding carboxylic acids is 1. The lowest BCUT2D eigenvalue weighted by Gasteiger charge is -2.44. The highest BCUT2D eigenvalue weighted by Gasteiger charge is 2.35. The van der Waals surface area contributed by atoms with Crippen molar-refractivity contribution < 1.29 is 14.7 Å². The van der Waals surface area contributed by atoms with Crippen LogP contribution in [0.1, 0.15) is 28.9 Å². The zero-order valence-corrected chi connectivity index (χ0v) is 13.7. The van der Waals surface area contributed by atoms with Crippen LogP contribution in [0.25, 0.3) is 10.9 Å². The summed E-state index contributed by atoms with van der Waals surface area (Å²) in [5.74, 6) is 3.08. The van der Waals surface area contributed by atoms with E-state index in [0.717, 1.165) is 36.1 Å². The highest BCUT2D eigenvalue weighted by molar-refractivity contribution is 6.05. The Kier molecular flexibility index (Phi) is 5.00. The number of nitrogens with zero attached hydrogens (tertiary/aromatic N) is 2. The van der Waals surface area contributed by atoms with E-state index in [1.54, 1.807) is 0 Å². The van der Waals surface area contributed by atoms with Gasteiger partial charge in [0.05, 0.1) is 5.52 Å². The van der Waals surface area contributed by atoms with Gasteiger partial charge in [-0.15, -0.1) is 6.42 Å². The average Bonchev–Trinajstić information content (AvgIpc) is 3.06. The summed E-state index contributed by atoms with van der Waals surface area (Å²) in [4.78, 5) is 23.4. The fourth-order valence-corrected chi connectivity index (χ4v) is 3.64. The molecule has 3 aliphatic heterocycles. The van der Waals surface area contributed by atoms with E-state index in [2.05, 4.69) is 26.3 Å². The lowest BCUT2D eigenvalue weighted by Crippen LogP contribution is -2.57. The summed E-state index contributed by atoms with van der Waals surface area (Å²) in [5, 5.41) is 17.9. The first-order valence-electron chi connectivity index (χ1n) is 8.22. The van der Waals surface area contributed by atoms with Crippen molar-refractivity contribution in [3.8, 4) is 12.3 Å². The van der Waals surface area contributed by atoms with Crippen LogP contribution in [0.5, 0.6) is 0 Å². The summed E-state index contributed by atoms with van der Waals surface area (Å²) < 4.78 is 0. The van der Waals surface area contributed by atoms with Crippen molar-refractivity contribution in [1.82, 2.24) is 20.4 Å². The first kappa shape index (κ1) is 17.0. The highest BCUT2D eigenvalue weighted by Crippen LogP contribution is 2.28. The van der Waals surface area contributed by atoms with Gasteiger partial charge in [0.25, 0.3) is 12.4 Å². The van der Waals surface area contributed by atoms with Gasteiger partial charge < -0.3 is 15.3 Å². The van der Waals surface area contributed by atoms with Gasteiger partial charge in [-0.25, -0.2) is 0 Å². The summed E-state index contributed by atoms with van der Waals surface area (Å²) in [7, 11) is 0. The lowest BCUT2D eigenvalue weighted by molar-refractivity contribution is -0.122. The summed E-state index contributed by atoms with van der Waals surface area (Å²) >= 11 is 0. The van der Waals surface area contributed by atoms with E-state index in [0.29, 0.717) is 11.6 Å². The van der Waals surface area contributed by atoms with E-state index in [4.69, 9.17) is 16.3 Å². The van der Waals surface area contributed by atoms with Crippen molar-refractivity contribution in [2.45, 2.75) is 18.9 Å². The first-order valence-corrected chi connectivity index (χ1v) is 8.22. The van der Waals surface area contributed by atoms with Gasteiger partial charge in [-0.1, -0.05) is 5.92 Å². The Hall–Kier alpha value is -2.85. The number of aromatic amines is 1. The van der Waals surface area contributed by atoms with Gasteiger partial charge in [0.1, 0.15) is 0 Å². The third-order valence-corrected chi connectivity index (χ3v) is 4.92. The number of carbonyl (C=O) groups is 2. The Labute approximate surface area is 145 Å². The minimum atomic E-state index is -0.250. The zero-order valence-electron chi connectivity index (χ0n) is 13.7. The third kappa shape index (κ3) is 3.49. The highest BCUT2D eigenvalue weighted by atomic mass is 16.3. The SMILES string of the molecule is C#Cc1ccc2[nH]nc(C(=O)N[C@H]3CN4CCC3CC4)c2c1.O=CO. The van der Waals surface area contributed by atoms with Crippen LogP contribution < -0.4 is 5.32 Å². The molecule has 25 heavy (non-hydrogen) atoms. The largest absolute Gasteiger partial charge is 0.483 e. The summed E-state index contributed by atoms with van der Waals surface area (Å²) in [6.45, 7) is 3.02. The number of aromatic nitrogens is 2. The van der Waals surface area contributed by atoms with Crippen LogP contribution in [0.2, 0.25) is 0 Å². The minimum Gasteiger partial charge on any atom is -0.483 e. The number of amides is 1. The second-order valence-electron chi connectivity index (χ2n) is 6.30. The maximum absolute atomic E-state index is 12.6. The molecule has 0 spiro atoms. The Balaban J connectivity index is 0.000000569. The van der Waals surface area contributed by atoms with Crippen LogP contribution in [-0.4, -0.2) is 58.3 Å². The molecule has 1 amide bonds. The Morgan fingerprint density at radius 3 is 2.76 bits per heavy atom. The van der Waals surface area contributed by atoms with Crippen molar-refractivity contribution in [1.29, 1.82) is 0 Å². The van der Waals surface area contributed by atoms with E-state index >= 15 is 0 Å². The molecule has 2 aromatic rings. The number of rotatable bonds is 2. The molecule has 1 atom stereocenters. The molecule has 2 bridgehead atoms. The van der Waals surface area contributed by atoms with Gasteiger partial charge in [0.15, 0.2) is 5.69 Å². The fourth-order valence-electron chi connectivity index (χ4n) is 3.64. The van der Waals surface area contributed by atoms with Crippen LogP contribution in [0.4, 0.5) is 0 Å². The minimum absolute atomic E-state index is 0.112. The molecule has 0 radical (unpaired) electrons. The molecule has 3 fully saturated rings. The monoisotopic (exact) mass is 340 g/mol. The van der Waals surface area contributed by atoms with E-state index in [9.17, 15) is 4.79 Å². The lowest BCUT2D eigenvalue weighted by atomic mass is 9.84. The van der Waals surface area contributed by atoms with E-state index in [1.807, 2.05) is 18.2 Å². The molecule has 0 aliphatic carbocycles. The Bertz CT molecular complexity index is 815. The molecule has 0 saturated carbocycles. The zero-order chi connectivity index (χ0) is 17.8. The van der Waals surface area contributed by atoms with Gasteiger partial charge in [-0.3, -0.25) is 14.7 Å². The van der Waals surface area contributed by atoms with E-state index in [-0.39, 0.29) is 18.4 Å². The molecule has 7 nitrogen and oxygen atoms in total. The van der Waals surface area contributed by atoms with Crippen molar-refractivity contribution in [2.24, 2.45) is 5.92 Å². The predicted octanol–water partition coefficient (Wildman–Crippen LogP) is 1.07. The molecule has 0 unspecified atom stereocenters. The summed E-state index contributed by atoms with van der Waals surface area (Å²) in [6.07, 6.45) is 7.79. The molecule has 3 N–H and O–H groups in total. The molecule has 1 aromatic carbocycles. The topological polar surface area (TPSA) is 98.3 Å². The van der Waals surface area contributed by atoms with Crippen LogP contribution in [0.3, 0.4) is 0 Å². The molecule has 4 heterocycles. The molecular formula is C18H20N4O3. The molecule has 130 valence electrons. The molecular weight excluding hydrogens is 320 g/mol. The maximum Gasteiger partial charge on any atom is 0.290 e.